The molecule has 1 N–H and O–H groups in total. The first-order valence-corrected chi connectivity index (χ1v) is 8.89. The van der Waals surface area contributed by atoms with E-state index in [1.807, 2.05) is 19.9 Å². The lowest BCUT2D eigenvalue weighted by Gasteiger charge is -2.25. The number of aromatic nitrogens is 2. The smallest absolute Gasteiger partial charge is 0.299 e. The van der Waals surface area contributed by atoms with Crippen molar-refractivity contribution < 1.29 is 14.4 Å². The molecule has 2 amide bonds. The minimum atomic E-state index is -0.783. The number of Topliss-reactive ketones (excluding diaryl/α,β-unsaturated/α-hetero) is 1. The summed E-state index contributed by atoms with van der Waals surface area (Å²) >= 11 is 1.30. The molecule has 0 saturated carbocycles. The highest BCUT2D eigenvalue weighted by molar-refractivity contribution is 7.15. The number of ketones is 1. The zero-order chi connectivity index (χ0) is 18.1. The van der Waals surface area contributed by atoms with Crippen molar-refractivity contribution in [3.63, 3.8) is 0 Å². The van der Waals surface area contributed by atoms with Gasteiger partial charge in [0.1, 0.15) is 11.0 Å². The summed E-state index contributed by atoms with van der Waals surface area (Å²) < 4.78 is 0. The van der Waals surface area contributed by atoms with Gasteiger partial charge in [-0.25, -0.2) is 0 Å². The predicted octanol–water partition coefficient (Wildman–Crippen LogP) is 2.36. The highest BCUT2D eigenvalue weighted by atomic mass is 32.1. The number of aryl methyl sites for hydroxylation is 2. The number of hydrogen-bond acceptors (Lipinski definition) is 6. The van der Waals surface area contributed by atoms with Crippen molar-refractivity contribution in [3.05, 3.63) is 34.3 Å². The van der Waals surface area contributed by atoms with Crippen LogP contribution in [0.5, 0.6) is 0 Å². The third kappa shape index (κ3) is 3.05. The molecule has 130 valence electrons. The van der Waals surface area contributed by atoms with Gasteiger partial charge in [0.2, 0.25) is 11.0 Å². The Morgan fingerprint density at radius 2 is 2.04 bits per heavy atom. The minimum Gasteiger partial charge on any atom is -0.299 e. The fraction of sp³-hybridized carbons (Fsp3) is 0.353. The molecular weight excluding hydrogens is 340 g/mol. The summed E-state index contributed by atoms with van der Waals surface area (Å²) in [4.78, 5) is 38.7. The molecule has 0 saturated heterocycles. The third-order valence-corrected chi connectivity index (χ3v) is 5.05. The molecule has 1 aliphatic rings. The second-order valence-corrected chi connectivity index (χ2v) is 6.85. The van der Waals surface area contributed by atoms with E-state index in [9.17, 15) is 14.4 Å². The monoisotopic (exact) mass is 358 g/mol. The van der Waals surface area contributed by atoms with Crippen molar-refractivity contribution in [2.75, 3.05) is 10.2 Å². The van der Waals surface area contributed by atoms with Crippen LogP contribution >= 0.6 is 11.3 Å². The van der Waals surface area contributed by atoms with E-state index in [0.717, 1.165) is 17.0 Å². The van der Waals surface area contributed by atoms with Gasteiger partial charge in [0.25, 0.3) is 11.7 Å². The molecule has 2 aromatic rings. The first-order chi connectivity index (χ1) is 12.0. The first kappa shape index (κ1) is 17.2. The molecule has 25 heavy (non-hydrogen) atoms. The van der Waals surface area contributed by atoms with Crippen LogP contribution in [0.4, 0.5) is 10.8 Å². The minimum absolute atomic E-state index is 0.348. The molecule has 1 aromatic carbocycles. The zero-order valence-corrected chi connectivity index (χ0v) is 15.0. The molecule has 3 rings (SSSR count). The van der Waals surface area contributed by atoms with Gasteiger partial charge in [0.15, 0.2) is 0 Å². The van der Waals surface area contributed by atoms with Gasteiger partial charge in [-0.05, 0) is 31.9 Å². The lowest BCUT2D eigenvalue weighted by Crippen LogP contribution is -2.46. The predicted molar refractivity (Wildman–Crippen MR) is 95.0 cm³/mol. The molecule has 0 spiro atoms. The Bertz CT molecular complexity index is 861. The van der Waals surface area contributed by atoms with E-state index >= 15 is 0 Å². The number of rotatable bonds is 5. The number of nitrogens with one attached hydrogen (secondary N) is 1. The second kappa shape index (κ2) is 6.72. The standard InChI is InChI=1S/C17H18N4O3S/c1-4-11(15(23)18-17-20-19-13(5-2)25-17)21-12-7-6-9(3)8-10(12)14(22)16(21)24/h6-8,11H,4-5H2,1-3H3,(H,18,20,23). The average molecular weight is 358 g/mol. The molecule has 1 aromatic heterocycles. The number of amides is 2. The molecule has 1 atom stereocenters. The molecule has 0 radical (unpaired) electrons. The molecule has 0 bridgehead atoms. The summed E-state index contributed by atoms with van der Waals surface area (Å²) in [6.07, 6.45) is 1.11. The largest absolute Gasteiger partial charge is 0.300 e. The summed E-state index contributed by atoms with van der Waals surface area (Å²) in [6, 6.07) is 4.43. The average Bonchev–Trinajstić information content (AvgIpc) is 3.14. The maximum Gasteiger partial charge on any atom is 0.300 e. The summed E-state index contributed by atoms with van der Waals surface area (Å²) in [5.41, 5.74) is 1.72. The van der Waals surface area contributed by atoms with Crippen molar-refractivity contribution in [1.29, 1.82) is 0 Å². The molecule has 1 aliphatic heterocycles. The topological polar surface area (TPSA) is 92.3 Å². The van der Waals surface area contributed by atoms with Crippen LogP contribution in [0.3, 0.4) is 0 Å². The van der Waals surface area contributed by atoms with Crippen molar-refractivity contribution in [1.82, 2.24) is 10.2 Å². The lowest BCUT2D eigenvalue weighted by atomic mass is 10.1. The summed E-state index contributed by atoms with van der Waals surface area (Å²) in [6.45, 7) is 5.60. The Labute approximate surface area is 149 Å². The Morgan fingerprint density at radius 1 is 1.28 bits per heavy atom. The molecule has 0 fully saturated rings. The van der Waals surface area contributed by atoms with Gasteiger partial charge in [-0.15, -0.1) is 10.2 Å². The second-order valence-electron chi connectivity index (χ2n) is 5.79. The van der Waals surface area contributed by atoms with E-state index in [2.05, 4.69) is 15.5 Å². The molecular formula is C17H18N4O3S. The number of hydrogen-bond donors (Lipinski definition) is 1. The normalized spacial score (nSPS) is 14.6. The van der Waals surface area contributed by atoms with Crippen molar-refractivity contribution in [3.8, 4) is 0 Å². The molecule has 8 heteroatoms. The molecule has 7 nitrogen and oxygen atoms in total. The van der Waals surface area contributed by atoms with E-state index < -0.39 is 17.7 Å². The third-order valence-electron chi connectivity index (χ3n) is 4.07. The number of benzene rings is 1. The summed E-state index contributed by atoms with van der Waals surface area (Å²) in [5, 5.41) is 11.8. The van der Waals surface area contributed by atoms with Crippen LogP contribution in [0.1, 0.15) is 41.2 Å². The Morgan fingerprint density at radius 3 is 2.68 bits per heavy atom. The van der Waals surface area contributed by atoms with Gasteiger partial charge in [0.05, 0.1) is 11.3 Å². The van der Waals surface area contributed by atoms with Gasteiger partial charge < -0.3 is 0 Å². The van der Waals surface area contributed by atoms with Crippen LogP contribution in [-0.2, 0) is 16.0 Å². The lowest BCUT2D eigenvalue weighted by molar-refractivity contribution is -0.121. The van der Waals surface area contributed by atoms with Crippen LogP contribution in [0.15, 0.2) is 18.2 Å². The highest BCUT2D eigenvalue weighted by Gasteiger charge is 2.41. The van der Waals surface area contributed by atoms with Crippen molar-refractivity contribution in [2.24, 2.45) is 0 Å². The maximum absolute atomic E-state index is 12.7. The SMILES string of the molecule is CCc1nnc(NC(=O)C(CC)N2C(=O)C(=O)c3cc(C)ccc32)s1. The van der Waals surface area contributed by atoms with Gasteiger partial charge in [-0.1, -0.05) is 36.8 Å². The number of carbonyl (C=O) groups excluding carboxylic acids is 3. The van der Waals surface area contributed by atoms with E-state index in [1.54, 1.807) is 19.1 Å². The van der Waals surface area contributed by atoms with Gasteiger partial charge in [-0.2, -0.15) is 0 Å². The van der Waals surface area contributed by atoms with Gasteiger partial charge in [-0.3, -0.25) is 24.6 Å². The number of nitrogens with zero attached hydrogens (tertiary/aromatic N) is 3. The Balaban J connectivity index is 1.89. The van der Waals surface area contributed by atoms with E-state index in [-0.39, 0.29) is 5.91 Å². The Hall–Kier alpha value is -2.61. The molecule has 0 aliphatic carbocycles. The van der Waals surface area contributed by atoms with Crippen LogP contribution < -0.4 is 10.2 Å². The van der Waals surface area contributed by atoms with Crippen molar-refractivity contribution in [2.45, 2.75) is 39.7 Å². The molecule has 1 unspecified atom stereocenters. The van der Waals surface area contributed by atoms with E-state index in [4.69, 9.17) is 0 Å². The van der Waals surface area contributed by atoms with E-state index in [0.29, 0.717) is 22.8 Å². The van der Waals surface area contributed by atoms with Crippen LogP contribution in [-0.4, -0.2) is 33.8 Å². The quantitative estimate of drug-likeness (QED) is 0.828. The fourth-order valence-corrected chi connectivity index (χ4v) is 3.49. The van der Waals surface area contributed by atoms with Crippen LogP contribution in [0.2, 0.25) is 0 Å². The van der Waals surface area contributed by atoms with Gasteiger partial charge >= 0.3 is 0 Å². The summed E-state index contributed by atoms with van der Waals surface area (Å²) in [7, 11) is 0. The number of anilines is 2. The Kier molecular flexibility index (Phi) is 4.63. The van der Waals surface area contributed by atoms with Crippen LogP contribution in [0.25, 0.3) is 0 Å². The number of fused-ring (bicyclic) bond motifs is 1. The van der Waals surface area contributed by atoms with Crippen LogP contribution in [0, 0.1) is 6.92 Å². The zero-order valence-electron chi connectivity index (χ0n) is 14.2. The first-order valence-electron chi connectivity index (χ1n) is 8.08. The fourth-order valence-electron chi connectivity index (χ4n) is 2.81. The van der Waals surface area contributed by atoms with Gasteiger partial charge in [0, 0.05) is 0 Å². The highest BCUT2D eigenvalue weighted by Crippen LogP contribution is 2.32. The maximum atomic E-state index is 12.7. The van der Waals surface area contributed by atoms with E-state index in [1.165, 1.54) is 16.2 Å². The number of carbonyl (C=O) groups is 3. The summed E-state index contributed by atoms with van der Waals surface area (Å²) in [5.74, 6) is -1.63. The van der Waals surface area contributed by atoms with Crippen molar-refractivity contribution >= 4 is 39.8 Å². The molecule has 2 heterocycles.